The summed E-state index contributed by atoms with van der Waals surface area (Å²) in [6, 6.07) is 4.80. The molecule has 2 bridgehead atoms. The van der Waals surface area contributed by atoms with Gasteiger partial charge in [0.15, 0.2) is 27.3 Å². The molecule has 2 aromatic rings. The predicted molar refractivity (Wildman–Crippen MR) is 125 cm³/mol. The second-order valence-electron chi connectivity index (χ2n) is 9.23. The van der Waals surface area contributed by atoms with Crippen molar-refractivity contribution in [2.75, 3.05) is 25.1 Å². The van der Waals surface area contributed by atoms with Crippen LogP contribution in [-0.4, -0.2) is 55.2 Å². The fourth-order valence-corrected chi connectivity index (χ4v) is 7.67. The molecule has 2 saturated carbocycles. The van der Waals surface area contributed by atoms with Crippen molar-refractivity contribution in [3.05, 3.63) is 58.4 Å². The molecule has 2 aliphatic rings. The number of aliphatic hydroxyl groups is 2. The van der Waals surface area contributed by atoms with Crippen LogP contribution < -0.4 is 5.32 Å². The van der Waals surface area contributed by atoms with E-state index >= 15 is 0 Å². The van der Waals surface area contributed by atoms with E-state index in [1.807, 2.05) is 0 Å². The number of carbonyl (C=O) groups excluding carboxylic acids is 1. The smallest absolute Gasteiger partial charge is 0.255 e. The van der Waals surface area contributed by atoms with Crippen molar-refractivity contribution >= 4 is 33.0 Å². The highest BCUT2D eigenvalue weighted by Crippen LogP contribution is 2.52. The topological polar surface area (TPSA) is 113 Å². The first-order valence-electron chi connectivity index (χ1n) is 11.4. The van der Waals surface area contributed by atoms with Crippen molar-refractivity contribution in [1.29, 1.82) is 0 Å². The Morgan fingerprint density at radius 1 is 1.11 bits per heavy atom. The molecule has 0 spiro atoms. The molecule has 0 aliphatic heterocycles. The molecule has 3 N–H and O–H groups in total. The van der Waals surface area contributed by atoms with E-state index in [1.165, 1.54) is 12.1 Å². The predicted octanol–water partition coefficient (Wildman–Crippen LogP) is 3.71. The van der Waals surface area contributed by atoms with Gasteiger partial charge >= 0.3 is 0 Å². The van der Waals surface area contributed by atoms with Gasteiger partial charge in [-0.05, 0) is 55.7 Å². The Balaban J connectivity index is 1.55. The van der Waals surface area contributed by atoms with Crippen molar-refractivity contribution in [3.63, 3.8) is 0 Å². The number of ether oxygens (including phenoxy) is 1. The summed E-state index contributed by atoms with van der Waals surface area (Å²) < 4.78 is 72.6. The number of rotatable bonds is 8. The van der Waals surface area contributed by atoms with Crippen LogP contribution in [0.25, 0.3) is 0 Å². The van der Waals surface area contributed by atoms with Crippen molar-refractivity contribution in [3.8, 4) is 0 Å². The lowest BCUT2D eigenvalue weighted by Crippen LogP contribution is -2.51. The highest BCUT2D eigenvalue weighted by Gasteiger charge is 2.55. The van der Waals surface area contributed by atoms with E-state index in [4.69, 9.17) is 21.4 Å². The number of hydrogen-bond donors (Lipinski definition) is 3. The van der Waals surface area contributed by atoms with Crippen LogP contribution in [0, 0.1) is 29.3 Å². The van der Waals surface area contributed by atoms with Gasteiger partial charge in [0.2, 0.25) is 0 Å². The molecule has 2 aliphatic carbocycles. The van der Waals surface area contributed by atoms with Crippen LogP contribution in [0.3, 0.4) is 0 Å². The number of hydrogen-bond acceptors (Lipinski definition) is 6. The lowest BCUT2D eigenvalue weighted by Gasteiger charge is -2.42. The zero-order valence-electron chi connectivity index (χ0n) is 19.0. The summed E-state index contributed by atoms with van der Waals surface area (Å²) in [4.78, 5) is 12.4. The van der Waals surface area contributed by atoms with Gasteiger partial charge in [-0.2, -0.15) is 0 Å². The largest absolute Gasteiger partial charge is 0.394 e. The van der Waals surface area contributed by atoms with Gasteiger partial charge in [0.1, 0.15) is 0 Å². The first kappa shape index (κ1) is 26.9. The highest BCUT2D eigenvalue weighted by molar-refractivity contribution is 7.92. The van der Waals surface area contributed by atoms with Gasteiger partial charge in [-0.15, -0.1) is 0 Å². The van der Waals surface area contributed by atoms with E-state index < -0.39 is 44.0 Å². The summed E-state index contributed by atoms with van der Waals surface area (Å²) >= 11 is 6.21. The number of halogens is 4. The van der Waals surface area contributed by atoms with Crippen molar-refractivity contribution in [2.45, 2.75) is 41.4 Å². The Morgan fingerprint density at radius 2 is 1.72 bits per heavy atom. The van der Waals surface area contributed by atoms with Crippen molar-refractivity contribution in [1.82, 2.24) is 0 Å². The lowest BCUT2D eigenvalue weighted by molar-refractivity contribution is -0.116. The second kappa shape index (κ2) is 10.3. The van der Waals surface area contributed by atoms with Crippen LogP contribution in [0.15, 0.2) is 35.2 Å². The third-order valence-electron chi connectivity index (χ3n) is 7.12. The van der Waals surface area contributed by atoms with E-state index in [1.54, 1.807) is 0 Å². The summed E-state index contributed by atoms with van der Waals surface area (Å²) in [5.41, 5.74) is -1.65. The van der Waals surface area contributed by atoms with E-state index in [9.17, 15) is 31.5 Å². The number of sulfone groups is 1. The van der Waals surface area contributed by atoms with Crippen LogP contribution in [0.5, 0.6) is 0 Å². The molecule has 2 unspecified atom stereocenters. The Hall–Kier alpha value is -2.18. The molecule has 12 heteroatoms. The molecular weight excluding hydrogens is 523 g/mol. The minimum absolute atomic E-state index is 0.0106. The summed E-state index contributed by atoms with van der Waals surface area (Å²) in [5.74, 6) is -6.16. The molecule has 2 fully saturated rings. The Morgan fingerprint density at radius 3 is 2.31 bits per heavy atom. The first-order valence-corrected chi connectivity index (χ1v) is 13.3. The highest BCUT2D eigenvalue weighted by atomic mass is 35.5. The molecule has 2 atom stereocenters. The molecule has 196 valence electrons. The maximum atomic E-state index is 13.6. The van der Waals surface area contributed by atoms with Crippen LogP contribution in [0.2, 0.25) is 5.02 Å². The van der Waals surface area contributed by atoms with Crippen LogP contribution in [0.4, 0.5) is 18.9 Å². The number of fused-ring (bicyclic) bond motifs is 2. The van der Waals surface area contributed by atoms with E-state index in [-0.39, 0.29) is 65.7 Å². The summed E-state index contributed by atoms with van der Waals surface area (Å²) in [7, 11) is -4.02. The van der Waals surface area contributed by atoms with E-state index in [0.29, 0.717) is 25.0 Å². The van der Waals surface area contributed by atoms with Gasteiger partial charge in [0.05, 0.1) is 40.6 Å². The van der Waals surface area contributed by atoms with Gasteiger partial charge in [-0.1, -0.05) is 11.6 Å². The molecular formula is C24H25ClF3NO6S. The Labute approximate surface area is 211 Å². The van der Waals surface area contributed by atoms with E-state index in [2.05, 4.69) is 5.32 Å². The standard InChI is InChI=1S/C24H25ClF3NO6S/c25-18-4-1-13(23(31)29-16-10-19(26)22(28)20(27)11-16)7-21(18)36(33,34)17-8-14-2-3-15(9-17)24(14,32)12-35-6-5-30/h1,4,7,10-11,14-15,17,30,32H,2-3,5-6,8-9,12H2,(H,29,31)/t14?,15?,17-,24-. The Kier molecular flexibility index (Phi) is 7.68. The summed E-state index contributed by atoms with van der Waals surface area (Å²) in [6.07, 6.45) is 1.63. The minimum atomic E-state index is -4.02. The number of aliphatic hydroxyl groups excluding tert-OH is 1. The SMILES string of the molecule is O=C(Nc1cc(F)c(F)c(F)c1)c1ccc(Cl)c(S(=O)(=O)[C@H]2CC3CCC(C2)[C@]3(O)COCCO)c1. The second-order valence-corrected chi connectivity index (χ2v) is 11.8. The van der Waals surface area contributed by atoms with Crippen molar-refractivity contribution < 1.29 is 41.3 Å². The number of anilines is 1. The average molecular weight is 548 g/mol. The molecule has 0 radical (unpaired) electrons. The zero-order valence-corrected chi connectivity index (χ0v) is 20.6. The summed E-state index contributed by atoms with van der Waals surface area (Å²) in [6.45, 7) is -0.0995. The normalized spacial score (nSPS) is 25.7. The summed E-state index contributed by atoms with van der Waals surface area (Å²) in [5, 5.41) is 21.4. The first-order chi connectivity index (χ1) is 17.0. The molecule has 7 nitrogen and oxygen atoms in total. The fourth-order valence-electron chi connectivity index (χ4n) is 5.27. The van der Waals surface area contributed by atoms with E-state index in [0.717, 1.165) is 6.07 Å². The number of carbonyl (C=O) groups is 1. The van der Waals surface area contributed by atoms with Gasteiger partial charge in [-0.25, -0.2) is 21.6 Å². The Bertz CT molecular complexity index is 1240. The number of nitrogens with one attached hydrogen (secondary N) is 1. The van der Waals surface area contributed by atoms with Crippen molar-refractivity contribution in [2.24, 2.45) is 11.8 Å². The van der Waals surface area contributed by atoms with Crippen LogP contribution in [-0.2, 0) is 14.6 Å². The quantitative estimate of drug-likeness (QED) is 0.343. The monoisotopic (exact) mass is 547 g/mol. The molecule has 2 aromatic carbocycles. The number of amides is 1. The van der Waals surface area contributed by atoms with Gasteiger partial charge in [0.25, 0.3) is 5.91 Å². The third-order valence-corrected chi connectivity index (χ3v) is 9.78. The number of benzene rings is 2. The lowest BCUT2D eigenvalue weighted by atomic mass is 9.75. The molecule has 0 aromatic heterocycles. The molecule has 36 heavy (non-hydrogen) atoms. The molecule has 1 amide bonds. The fraction of sp³-hybridized carbons (Fsp3) is 0.458. The molecule has 0 saturated heterocycles. The third kappa shape index (κ3) is 4.99. The average Bonchev–Trinajstić information content (AvgIpc) is 2.99. The van der Waals surface area contributed by atoms with Crippen LogP contribution in [0.1, 0.15) is 36.0 Å². The van der Waals surface area contributed by atoms with Gasteiger partial charge in [-0.3, -0.25) is 4.79 Å². The maximum Gasteiger partial charge on any atom is 0.255 e. The molecule has 4 rings (SSSR count). The van der Waals surface area contributed by atoms with Gasteiger partial charge in [0, 0.05) is 23.4 Å². The van der Waals surface area contributed by atoms with Crippen LogP contribution >= 0.6 is 11.6 Å². The minimum Gasteiger partial charge on any atom is -0.394 e. The van der Waals surface area contributed by atoms with Gasteiger partial charge < -0.3 is 20.3 Å². The zero-order chi connectivity index (χ0) is 26.3. The molecule has 0 heterocycles. The maximum absolute atomic E-state index is 13.6.